The van der Waals surface area contributed by atoms with Crippen LogP contribution in [0.15, 0.2) is 12.1 Å². The Kier molecular flexibility index (Phi) is 7.17. The van der Waals surface area contributed by atoms with E-state index < -0.39 is 41.5 Å². The summed E-state index contributed by atoms with van der Waals surface area (Å²) < 4.78 is 44.1. The first kappa shape index (κ1) is 20.7. The van der Waals surface area contributed by atoms with Gasteiger partial charge in [0.2, 0.25) is 11.8 Å². The average Bonchev–Trinajstić information content (AvgIpc) is 2.67. The number of nitrogens with zero attached hydrogens (tertiary/aromatic N) is 1. The van der Waals surface area contributed by atoms with Crippen LogP contribution in [0.2, 0.25) is 0 Å². The Morgan fingerprint density at radius 3 is 2.41 bits per heavy atom. The molecule has 2 rings (SSSR count). The van der Waals surface area contributed by atoms with Gasteiger partial charge in [-0.05, 0) is 38.1 Å². The number of halogens is 3. The number of benzene rings is 1. The Balaban J connectivity index is 1.74. The number of hydrogen-bond donors (Lipinski definition) is 2. The smallest absolute Gasteiger partial charge is 0.308 e. The second-order valence-electron chi connectivity index (χ2n) is 6.12. The number of ether oxygens (including phenoxy) is 1. The van der Waals surface area contributed by atoms with Crippen molar-refractivity contribution >= 4 is 23.5 Å². The van der Waals surface area contributed by atoms with Gasteiger partial charge in [0.05, 0.1) is 31.8 Å². The van der Waals surface area contributed by atoms with Crippen molar-refractivity contribution in [2.75, 3.05) is 38.6 Å². The summed E-state index contributed by atoms with van der Waals surface area (Å²) in [6.45, 7) is 0.676. The predicted octanol–water partition coefficient (Wildman–Crippen LogP) is 1.04. The molecule has 0 atom stereocenters. The molecule has 0 aromatic heterocycles. The van der Waals surface area contributed by atoms with Crippen LogP contribution in [0.1, 0.15) is 12.8 Å². The molecule has 7 nitrogen and oxygen atoms in total. The number of esters is 1. The van der Waals surface area contributed by atoms with Crippen molar-refractivity contribution in [1.29, 1.82) is 0 Å². The number of amides is 2. The molecule has 0 spiro atoms. The van der Waals surface area contributed by atoms with Gasteiger partial charge in [-0.2, -0.15) is 0 Å². The Hall–Kier alpha value is -2.62. The minimum atomic E-state index is -1.69. The van der Waals surface area contributed by atoms with E-state index in [0.29, 0.717) is 32.0 Å². The number of anilines is 1. The largest absolute Gasteiger partial charge is 0.469 e. The fraction of sp³-hybridized carbons (Fsp3) is 0.471. The van der Waals surface area contributed by atoms with E-state index >= 15 is 0 Å². The van der Waals surface area contributed by atoms with Gasteiger partial charge in [-0.1, -0.05) is 0 Å². The van der Waals surface area contributed by atoms with Crippen molar-refractivity contribution in [2.45, 2.75) is 12.8 Å². The third kappa shape index (κ3) is 5.68. The normalized spacial score (nSPS) is 15.3. The van der Waals surface area contributed by atoms with E-state index in [4.69, 9.17) is 0 Å². The first-order chi connectivity index (χ1) is 12.8. The highest BCUT2D eigenvalue weighted by molar-refractivity contribution is 5.94. The maximum atomic E-state index is 13.5. The number of nitrogens with one attached hydrogen (secondary N) is 2. The third-order valence-corrected chi connectivity index (χ3v) is 4.24. The number of rotatable bonds is 6. The number of likely N-dealkylation sites (tertiary alicyclic amines) is 1. The summed E-state index contributed by atoms with van der Waals surface area (Å²) in [5, 5.41) is 4.43. The Labute approximate surface area is 153 Å². The van der Waals surface area contributed by atoms with Crippen molar-refractivity contribution < 1.29 is 32.3 Å². The highest BCUT2D eigenvalue weighted by atomic mass is 19.2. The Morgan fingerprint density at radius 1 is 1.11 bits per heavy atom. The summed E-state index contributed by atoms with van der Waals surface area (Å²) in [5.74, 6) is -6.21. The summed E-state index contributed by atoms with van der Waals surface area (Å²) in [6, 6.07) is 1.57. The minimum absolute atomic E-state index is 0.0424. The number of methoxy groups -OCH3 is 1. The summed E-state index contributed by atoms with van der Waals surface area (Å²) in [5.41, 5.74) is -0.516. The fourth-order valence-electron chi connectivity index (χ4n) is 2.75. The number of piperidine rings is 1. The minimum Gasteiger partial charge on any atom is -0.469 e. The molecule has 0 aliphatic carbocycles. The monoisotopic (exact) mass is 387 g/mol. The van der Waals surface area contributed by atoms with Gasteiger partial charge in [-0.15, -0.1) is 0 Å². The second kappa shape index (κ2) is 9.36. The topological polar surface area (TPSA) is 87.7 Å². The molecule has 27 heavy (non-hydrogen) atoms. The second-order valence-corrected chi connectivity index (χ2v) is 6.12. The highest BCUT2D eigenvalue weighted by Crippen LogP contribution is 2.19. The summed E-state index contributed by atoms with van der Waals surface area (Å²) in [4.78, 5) is 36.9. The molecule has 1 aromatic rings. The maximum absolute atomic E-state index is 13.5. The SMILES string of the molecule is COC(=O)C1CCN(CC(=O)NCC(=O)Nc2ccc(F)c(F)c2F)CC1. The molecule has 1 aromatic carbocycles. The lowest BCUT2D eigenvalue weighted by molar-refractivity contribution is -0.147. The van der Waals surface area contributed by atoms with E-state index in [1.54, 1.807) is 0 Å². The molecule has 10 heteroatoms. The molecular formula is C17H20F3N3O4. The Bertz CT molecular complexity index is 722. The van der Waals surface area contributed by atoms with Crippen LogP contribution < -0.4 is 10.6 Å². The highest BCUT2D eigenvalue weighted by Gasteiger charge is 2.26. The first-order valence-corrected chi connectivity index (χ1v) is 8.32. The van der Waals surface area contributed by atoms with Crippen LogP contribution >= 0.6 is 0 Å². The van der Waals surface area contributed by atoms with Crippen LogP contribution in [0.3, 0.4) is 0 Å². The molecule has 2 amide bonds. The molecule has 0 unspecified atom stereocenters. The molecule has 1 heterocycles. The van der Waals surface area contributed by atoms with Crippen LogP contribution in [-0.2, 0) is 19.1 Å². The molecule has 0 radical (unpaired) electrons. The number of carbonyl (C=O) groups excluding carboxylic acids is 3. The van der Waals surface area contributed by atoms with E-state index in [1.807, 2.05) is 4.90 Å². The van der Waals surface area contributed by atoms with E-state index in [-0.39, 0.29) is 18.4 Å². The van der Waals surface area contributed by atoms with Gasteiger partial charge < -0.3 is 15.4 Å². The van der Waals surface area contributed by atoms with Gasteiger partial charge in [-0.25, -0.2) is 13.2 Å². The lowest BCUT2D eigenvalue weighted by Gasteiger charge is -2.29. The summed E-state index contributed by atoms with van der Waals surface area (Å²) in [6.07, 6.45) is 1.16. The van der Waals surface area contributed by atoms with Gasteiger partial charge >= 0.3 is 5.97 Å². The molecular weight excluding hydrogens is 367 g/mol. The fourth-order valence-corrected chi connectivity index (χ4v) is 2.75. The molecule has 0 saturated carbocycles. The van der Waals surface area contributed by atoms with Crippen molar-refractivity contribution in [3.05, 3.63) is 29.6 Å². The molecule has 1 aliphatic heterocycles. The van der Waals surface area contributed by atoms with Crippen LogP contribution in [-0.4, -0.2) is 56.0 Å². The molecule has 1 saturated heterocycles. The van der Waals surface area contributed by atoms with Crippen LogP contribution in [0.5, 0.6) is 0 Å². The first-order valence-electron chi connectivity index (χ1n) is 8.32. The predicted molar refractivity (Wildman–Crippen MR) is 89.1 cm³/mol. The zero-order valence-electron chi connectivity index (χ0n) is 14.7. The van der Waals surface area contributed by atoms with Crippen molar-refractivity contribution in [3.8, 4) is 0 Å². The average molecular weight is 387 g/mol. The number of carbonyl (C=O) groups is 3. The van der Waals surface area contributed by atoms with Gasteiger partial charge in [0, 0.05) is 0 Å². The van der Waals surface area contributed by atoms with Gasteiger partial charge in [0.25, 0.3) is 0 Å². The molecule has 148 valence electrons. The summed E-state index contributed by atoms with van der Waals surface area (Å²) >= 11 is 0. The number of hydrogen-bond acceptors (Lipinski definition) is 5. The van der Waals surface area contributed by atoms with Crippen LogP contribution in [0.4, 0.5) is 18.9 Å². The zero-order chi connectivity index (χ0) is 20.0. The van der Waals surface area contributed by atoms with Gasteiger partial charge in [-0.3, -0.25) is 19.3 Å². The standard InChI is InChI=1S/C17H20F3N3O4/c1-27-17(26)10-4-6-23(7-5-10)9-14(25)21-8-13(24)22-12-3-2-11(18)15(19)16(12)20/h2-3,10H,4-9H2,1H3,(H,21,25)(H,22,24). The quantitative estimate of drug-likeness (QED) is 0.563. The van der Waals surface area contributed by atoms with E-state index in [2.05, 4.69) is 15.4 Å². The van der Waals surface area contributed by atoms with Crippen molar-refractivity contribution in [2.24, 2.45) is 5.92 Å². The van der Waals surface area contributed by atoms with Gasteiger partial charge in [0.1, 0.15) is 0 Å². The molecule has 1 aliphatic rings. The van der Waals surface area contributed by atoms with Gasteiger partial charge in [0.15, 0.2) is 17.5 Å². The molecule has 1 fully saturated rings. The Morgan fingerprint density at radius 2 is 1.78 bits per heavy atom. The molecule has 2 N–H and O–H groups in total. The van der Waals surface area contributed by atoms with Crippen LogP contribution in [0, 0.1) is 23.4 Å². The zero-order valence-corrected chi connectivity index (χ0v) is 14.7. The summed E-state index contributed by atoms with van der Waals surface area (Å²) in [7, 11) is 1.33. The van der Waals surface area contributed by atoms with Crippen LogP contribution in [0.25, 0.3) is 0 Å². The third-order valence-electron chi connectivity index (χ3n) is 4.24. The lowest BCUT2D eigenvalue weighted by Crippen LogP contribution is -2.44. The van der Waals surface area contributed by atoms with E-state index in [1.165, 1.54) is 7.11 Å². The van der Waals surface area contributed by atoms with E-state index in [0.717, 1.165) is 6.07 Å². The maximum Gasteiger partial charge on any atom is 0.308 e. The lowest BCUT2D eigenvalue weighted by atomic mass is 9.97. The van der Waals surface area contributed by atoms with E-state index in [9.17, 15) is 27.6 Å². The molecule has 0 bridgehead atoms. The van der Waals surface area contributed by atoms with Crippen molar-refractivity contribution in [1.82, 2.24) is 10.2 Å². The van der Waals surface area contributed by atoms with Crippen molar-refractivity contribution in [3.63, 3.8) is 0 Å².